The zero-order valence-electron chi connectivity index (χ0n) is 15.5. The van der Waals surface area contributed by atoms with Crippen LogP contribution in [0.4, 0.5) is 10.2 Å². The standard InChI is InChI=1S/C20H17ClFN5O2/c1-2-17(27-29-18-12-23-6-5-16(18)21)14-3-4-19(25-11-14)26-20(28)15-7-13(8-22)9-24-10-15/h3-7,9-12H,2,8H2,1H3,(H,25,26,28)/b27-17-. The summed E-state index contributed by atoms with van der Waals surface area (Å²) in [4.78, 5) is 29.7. The summed E-state index contributed by atoms with van der Waals surface area (Å²) in [6, 6.07) is 6.45. The normalized spacial score (nSPS) is 11.2. The molecule has 0 bridgehead atoms. The minimum absolute atomic E-state index is 0.253. The Hall–Kier alpha value is -3.39. The Bertz CT molecular complexity index is 1030. The highest BCUT2D eigenvalue weighted by Gasteiger charge is 2.10. The average Bonchev–Trinajstić information content (AvgIpc) is 2.76. The molecule has 0 unspecified atom stereocenters. The number of anilines is 1. The first-order valence-electron chi connectivity index (χ1n) is 8.71. The van der Waals surface area contributed by atoms with Gasteiger partial charge < -0.3 is 10.2 Å². The van der Waals surface area contributed by atoms with Crippen molar-refractivity contribution in [2.75, 3.05) is 5.32 Å². The van der Waals surface area contributed by atoms with Gasteiger partial charge in [0.2, 0.25) is 0 Å². The van der Waals surface area contributed by atoms with E-state index >= 15 is 0 Å². The molecule has 0 saturated carbocycles. The molecule has 0 saturated heterocycles. The van der Waals surface area contributed by atoms with Gasteiger partial charge in [-0.15, -0.1) is 0 Å². The van der Waals surface area contributed by atoms with Crippen molar-refractivity contribution in [3.8, 4) is 5.75 Å². The van der Waals surface area contributed by atoms with Gasteiger partial charge in [0.25, 0.3) is 5.91 Å². The maximum atomic E-state index is 12.7. The lowest BCUT2D eigenvalue weighted by molar-refractivity contribution is 0.102. The average molecular weight is 414 g/mol. The first kappa shape index (κ1) is 20.3. The monoisotopic (exact) mass is 413 g/mol. The third-order valence-corrected chi connectivity index (χ3v) is 4.19. The lowest BCUT2D eigenvalue weighted by atomic mass is 10.1. The minimum atomic E-state index is -0.688. The van der Waals surface area contributed by atoms with Gasteiger partial charge in [-0.2, -0.15) is 0 Å². The second kappa shape index (κ2) is 9.70. The van der Waals surface area contributed by atoms with E-state index in [0.29, 0.717) is 34.3 Å². The fourth-order valence-electron chi connectivity index (χ4n) is 2.37. The van der Waals surface area contributed by atoms with Crippen molar-refractivity contribution < 1.29 is 14.0 Å². The second-order valence-corrected chi connectivity index (χ2v) is 6.30. The number of pyridine rings is 3. The topological polar surface area (TPSA) is 89.4 Å². The third-order valence-electron chi connectivity index (χ3n) is 3.87. The number of halogens is 2. The fourth-order valence-corrected chi connectivity index (χ4v) is 2.51. The van der Waals surface area contributed by atoms with Crippen LogP contribution in [-0.4, -0.2) is 26.6 Å². The molecule has 1 amide bonds. The van der Waals surface area contributed by atoms with Crippen molar-refractivity contribution in [3.05, 3.63) is 77.0 Å². The van der Waals surface area contributed by atoms with E-state index < -0.39 is 12.6 Å². The highest BCUT2D eigenvalue weighted by molar-refractivity contribution is 6.31. The van der Waals surface area contributed by atoms with Gasteiger partial charge >= 0.3 is 0 Å². The number of oxime groups is 1. The van der Waals surface area contributed by atoms with Crippen LogP contribution in [0.15, 0.2) is 60.4 Å². The molecule has 0 aliphatic heterocycles. The lowest BCUT2D eigenvalue weighted by Crippen LogP contribution is -2.14. The van der Waals surface area contributed by atoms with Crippen LogP contribution in [0.1, 0.15) is 34.8 Å². The number of hydrogen-bond acceptors (Lipinski definition) is 6. The van der Waals surface area contributed by atoms with E-state index in [9.17, 15) is 9.18 Å². The summed E-state index contributed by atoms with van der Waals surface area (Å²) in [5, 5.41) is 7.18. The van der Waals surface area contributed by atoms with Gasteiger partial charge in [-0.1, -0.05) is 23.7 Å². The van der Waals surface area contributed by atoms with Crippen molar-refractivity contribution in [1.29, 1.82) is 0 Å². The van der Waals surface area contributed by atoms with Gasteiger partial charge in [0, 0.05) is 35.9 Å². The first-order chi connectivity index (χ1) is 14.1. The van der Waals surface area contributed by atoms with Gasteiger partial charge in [0.1, 0.15) is 12.5 Å². The summed E-state index contributed by atoms with van der Waals surface area (Å²) in [7, 11) is 0. The molecule has 0 fully saturated rings. The number of alkyl halides is 1. The number of nitrogens with one attached hydrogen (secondary N) is 1. The molecule has 3 rings (SSSR count). The molecule has 0 aliphatic rings. The van der Waals surface area contributed by atoms with E-state index in [2.05, 4.69) is 25.4 Å². The number of amides is 1. The maximum absolute atomic E-state index is 12.7. The molecule has 0 atom stereocenters. The predicted molar refractivity (Wildman–Crippen MR) is 108 cm³/mol. The van der Waals surface area contributed by atoms with E-state index in [1.54, 1.807) is 30.6 Å². The van der Waals surface area contributed by atoms with Crippen LogP contribution in [0.2, 0.25) is 5.02 Å². The molecule has 3 aromatic heterocycles. The van der Waals surface area contributed by atoms with Crippen LogP contribution in [0.25, 0.3) is 0 Å². The van der Waals surface area contributed by atoms with Gasteiger partial charge in [-0.25, -0.2) is 9.37 Å². The molecule has 0 radical (unpaired) electrons. The third kappa shape index (κ3) is 5.32. The summed E-state index contributed by atoms with van der Waals surface area (Å²) in [6.07, 6.45) is 7.93. The van der Waals surface area contributed by atoms with Crippen LogP contribution in [0.3, 0.4) is 0 Å². The summed E-state index contributed by atoms with van der Waals surface area (Å²) in [6.45, 7) is 1.24. The molecule has 29 heavy (non-hydrogen) atoms. The summed E-state index contributed by atoms with van der Waals surface area (Å²) in [5.74, 6) is 0.268. The summed E-state index contributed by atoms with van der Waals surface area (Å²) < 4.78 is 12.7. The number of aromatic nitrogens is 3. The Kier molecular flexibility index (Phi) is 6.80. The molecular weight excluding hydrogens is 397 g/mol. The molecule has 0 aromatic carbocycles. The molecule has 7 nitrogen and oxygen atoms in total. The van der Waals surface area contributed by atoms with E-state index in [1.165, 1.54) is 24.7 Å². The number of rotatable bonds is 7. The Balaban J connectivity index is 1.70. The molecule has 0 aliphatic carbocycles. The number of carbonyl (C=O) groups excluding carboxylic acids is 1. The van der Waals surface area contributed by atoms with Gasteiger partial charge in [0.15, 0.2) is 5.75 Å². The van der Waals surface area contributed by atoms with Crippen LogP contribution in [0.5, 0.6) is 5.75 Å². The highest BCUT2D eigenvalue weighted by Crippen LogP contribution is 2.22. The molecule has 3 heterocycles. The predicted octanol–water partition coefficient (Wildman–Crippen LogP) is 4.44. The molecule has 148 valence electrons. The Labute approximate surface area is 171 Å². The van der Waals surface area contributed by atoms with E-state index in [-0.39, 0.29) is 5.56 Å². The van der Waals surface area contributed by atoms with E-state index in [1.807, 2.05) is 6.92 Å². The van der Waals surface area contributed by atoms with Gasteiger partial charge in [0.05, 0.1) is 22.5 Å². The van der Waals surface area contributed by atoms with Crippen molar-refractivity contribution in [3.63, 3.8) is 0 Å². The van der Waals surface area contributed by atoms with Crippen molar-refractivity contribution in [2.24, 2.45) is 5.16 Å². The van der Waals surface area contributed by atoms with E-state index in [4.69, 9.17) is 16.4 Å². The Morgan fingerprint density at radius 2 is 2.03 bits per heavy atom. The Morgan fingerprint density at radius 1 is 1.17 bits per heavy atom. The minimum Gasteiger partial charge on any atom is -0.353 e. The zero-order valence-corrected chi connectivity index (χ0v) is 16.2. The molecule has 3 aromatic rings. The summed E-state index contributed by atoms with van der Waals surface area (Å²) in [5.41, 5.74) is 1.96. The van der Waals surface area contributed by atoms with Crippen LogP contribution >= 0.6 is 11.6 Å². The highest BCUT2D eigenvalue weighted by atomic mass is 35.5. The summed E-state index contributed by atoms with van der Waals surface area (Å²) >= 11 is 6.02. The number of hydrogen-bond donors (Lipinski definition) is 1. The van der Waals surface area contributed by atoms with Gasteiger partial charge in [-0.05, 0) is 30.7 Å². The molecule has 1 N–H and O–H groups in total. The molecule has 9 heteroatoms. The van der Waals surface area contributed by atoms with Crippen molar-refractivity contribution >= 4 is 29.0 Å². The SMILES string of the molecule is CC/C(=N/Oc1cnccc1Cl)c1ccc(NC(=O)c2cncc(CF)c2)nc1. The first-order valence-corrected chi connectivity index (χ1v) is 9.09. The maximum Gasteiger partial charge on any atom is 0.258 e. The number of carbonyl (C=O) groups is 1. The lowest BCUT2D eigenvalue weighted by Gasteiger charge is -2.08. The van der Waals surface area contributed by atoms with Crippen LogP contribution in [-0.2, 0) is 6.67 Å². The second-order valence-electron chi connectivity index (χ2n) is 5.89. The zero-order chi connectivity index (χ0) is 20.6. The van der Waals surface area contributed by atoms with Crippen LogP contribution in [0, 0.1) is 0 Å². The largest absolute Gasteiger partial charge is 0.353 e. The van der Waals surface area contributed by atoms with Gasteiger partial charge in [-0.3, -0.25) is 14.8 Å². The van der Waals surface area contributed by atoms with Crippen LogP contribution < -0.4 is 10.2 Å². The smallest absolute Gasteiger partial charge is 0.258 e. The Morgan fingerprint density at radius 3 is 2.72 bits per heavy atom. The molecular formula is C20H17ClFN5O2. The number of nitrogens with zero attached hydrogens (tertiary/aromatic N) is 4. The van der Waals surface area contributed by atoms with E-state index in [0.717, 1.165) is 5.56 Å². The van der Waals surface area contributed by atoms with Crippen molar-refractivity contribution in [1.82, 2.24) is 15.0 Å². The molecule has 0 spiro atoms. The van der Waals surface area contributed by atoms with Crippen molar-refractivity contribution in [2.45, 2.75) is 20.0 Å². The fraction of sp³-hybridized carbons (Fsp3) is 0.150. The quantitative estimate of drug-likeness (QED) is 0.457.